The van der Waals surface area contributed by atoms with E-state index in [0.717, 1.165) is 25.3 Å². The minimum absolute atomic E-state index is 0. The lowest BCUT2D eigenvalue weighted by atomic mass is 10.1. The van der Waals surface area contributed by atoms with E-state index in [1.54, 1.807) is 24.3 Å². The number of halogens is 1. The number of carbonyl (C=O) groups excluding carboxylic acids is 1. The van der Waals surface area contributed by atoms with Crippen LogP contribution < -0.4 is 27.9 Å². The van der Waals surface area contributed by atoms with Gasteiger partial charge in [0.25, 0.3) is 5.91 Å². The summed E-state index contributed by atoms with van der Waals surface area (Å²) in [5.41, 5.74) is 7.98. The van der Waals surface area contributed by atoms with Crippen LogP contribution in [0.15, 0.2) is 54.6 Å². The van der Waals surface area contributed by atoms with Gasteiger partial charge in [-0.1, -0.05) is 18.2 Å². The Kier molecular flexibility index (Phi) is 8.30. The molecule has 0 aromatic heterocycles. The predicted molar refractivity (Wildman–Crippen MR) is 95.9 cm³/mol. The monoisotopic (exact) mass is 347 g/mol. The molecule has 4 nitrogen and oxygen atoms in total. The summed E-state index contributed by atoms with van der Waals surface area (Å²) >= 11 is 0. The van der Waals surface area contributed by atoms with Crippen molar-refractivity contribution in [2.75, 3.05) is 36.8 Å². The molecule has 2 aromatic rings. The minimum atomic E-state index is 0. The number of hydrogen-bond acceptors (Lipinski definition) is 2. The Morgan fingerprint density at radius 2 is 1.58 bits per heavy atom. The third-order valence-corrected chi connectivity index (χ3v) is 4.16. The highest BCUT2D eigenvalue weighted by Crippen LogP contribution is 2.17. The normalized spacial score (nSPS) is 10.3. The molecule has 24 heavy (non-hydrogen) atoms. The van der Waals surface area contributed by atoms with Crippen molar-refractivity contribution >= 4 is 17.3 Å². The number of hydrogen-bond donors (Lipinski definition) is 2. The van der Waals surface area contributed by atoms with Crippen LogP contribution in [0.2, 0.25) is 0 Å². The quantitative estimate of drug-likeness (QED) is 0.621. The smallest absolute Gasteiger partial charge is 0.258 e. The van der Waals surface area contributed by atoms with Crippen LogP contribution in [0.4, 0.5) is 11.4 Å². The highest BCUT2D eigenvalue weighted by Gasteiger charge is 2.19. The maximum Gasteiger partial charge on any atom is 0.258 e. The molecule has 3 N–H and O–H groups in total. The molecule has 0 radical (unpaired) electrons. The van der Waals surface area contributed by atoms with Gasteiger partial charge in [0.2, 0.25) is 0 Å². The van der Waals surface area contributed by atoms with Crippen molar-refractivity contribution in [3.05, 3.63) is 60.2 Å². The molecule has 2 aromatic carbocycles. The lowest BCUT2D eigenvalue weighted by Crippen LogP contribution is -3.12. The van der Waals surface area contributed by atoms with Crippen LogP contribution in [-0.4, -0.2) is 32.1 Å². The number of para-hydroxylation sites is 1. The number of nitrogens with one attached hydrogen (secondary N) is 1. The van der Waals surface area contributed by atoms with Gasteiger partial charge in [-0.15, -0.1) is 0 Å². The zero-order chi connectivity index (χ0) is 16.7. The molecule has 0 fully saturated rings. The highest BCUT2D eigenvalue weighted by atomic mass is 35.5. The van der Waals surface area contributed by atoms with E-state index in [1.807, 2.05) is 35.2 Å². The lowest BCUT2D eigenvalue weighted by Gasteiger charge is -2.25. The Bertz CT molecular complexity index is 612. The Morgan fingerprint density at radius 3 is 2.12 bits per heavy atom. The molecule has 0 atom stereocenters. The number of nitrogen functional groups attached to an aromatic ring is 1. The second kappa shape index (κ2) is 9.96. The summed E-state index contributed by atoms with van der Waals surface area (Å²) in [6.45, 7) is 8.11. The van der Waals surface area contributed by atoms with Gasteiger partial charge in [0, 0.05) is 16.9 Å². The number of rotatable bonds is 7. The van der Waals surface area contributed by atoms with Crippen molar-refractivity contribution in [3.8, 4) is 0 Å². The number of benzene rings is 2. The molecular formula is C19H26ClN3O. The van der Waals surface area contributed by atoms with Crippen LogP contribution in [0.1, 0.15) is 24.2 Å². The maximum atomic E-state index is 12.9. The third-order valence-electron chi connectivity index (χ3n) is 4.16. The van der Waals surface area contributed by atoms with E-state index >= 15 is 0 Å². The molecule has 0 aliphatic heterocycles. The minimum Gasteiger partial charge on any atom is -1.00 e. The number of quaternary nitrogens is 1. The average molecular weight is 348 g/mol. The van der Waals surface area contributed by atoms with Crippen molar-refractivity contribution in [3.63, 3.8) is 0 Å². The molecule has 5 heteroatoms. The van der Waals surface area contributed by atoms with Crippen LogP contribution in [0.25, 0.3) is 0 Å². The number of nitrogens with two attached hydrogens (primary N) is 1. The summed E-state index contributed by atoms with van der Waals surface area (Å²) < 4.78 is 0. The average Bonchev–Trinajstić information content (AvgIpc) is 2.60. The molecule has 0 aliphatic rings. The lowest BCUT2D eigenvalue weighted by molar-refractivity contribution is -0.894. The van der Waals surface area contributed by atoms with E-state index in [-0.39, 0.29) is 18.3 Å². The largest absolute Gasteiger partial charge is 1.00 e. The fourth-order valence-corrected chi connectivity index (χ4v) is 2.61. The van der Waals surface area contributed by atoms with Crippen LogP contribution in [0, 0.1) is 0 Å². The number of anilines is 2. The number of likely N-dealkylation sites (N-methyl/N-ethyl adjacent to an activating group) is 1. The zero-order valence-electron chi connectivity index (χ0n) is 14.3. The molecular weight excluding hydrogens is 322 g/mol. The fraction of sp³-hybridized carbons (Fsp3) is 0.316. The van der Waals surface area contributed by atoms with Crippen molar-refractivity contribution in [1.82, 2.24) is 0 Å². The van der Waals surface area contributed by atoms with Crippen LogP contribution in [0.5, 0.6) is 0 Å². The molecule has 0 spiro atoms. The number of nitrogens with zero attached hydrogens (tertiary/aromatic N) is 1. The van der Waals surface area contributed by atoms with E-state index in [9.17, 15) is 4.79 Å². The second-order valence-electron chi connectivity index (χ2n) is 5.62. The van der Waals surface area contributed by atoms with Gasteiger partial charge in [-0.05, 0) is 50.2 Å². The molecule has 2 rings (SSSR count). The first-order chi connectivity index (χ1) is 11.2. The summed E-state index contributed by atoms with van der Waals surface area (Å²) in [5.74, 6) is 0.0164. The van der Waals surface area contributed by atoms with Gasteiger partial charge in [-0.25, -0.2) is 0 Å². The third kappa shape index (κ3) is 5.25. The molecule has 0 heterocycles. The standard InChI is InChI=1S/C19H25N3O.ClH/c1-3-21(4-2)14-15-22(18-8-6-5-7-9-18)19(23)16-10-12-17(20)13-11-16;/h5-13H,3-4,14-15,20H2,1-2H3;1H. The van der Waals surface area contributed by atoms with Gasteiger partial charge >= 0.3 is 0 Å². The summed E-state index contributed by atoms with van der Waals surface area (Å²) in [6, 6.07) is 17.0. The Labute approximate surface area is 150 Å². The van der Waals surface area contributed by atoms with E-state index in [1.165, 1.54) is 4.90 Å². The van der Waals surface area contributed by atoms with E-state index in [0.29, 0.717) is 17.8 Å². The van der Waals surface area contributed by atoms with Gasteiger partial charge in [0.1, 0.15) is 0 Å². The van der Waals surface area contributed by atoms with E-state index in [2.05, 4.69) is 13.8 Å². The molecule has 0 bridgehead atoms. The van der Waals surface area contributed by atoms with Crippen LogP contribution >= 0.6 is 0 Å². The molecule has 0 saturated heterocycles. The highest BCUT2D eigenvalue weighted by molar-refractivity contribution is 6.06. The van der Waals surface area contributed by atoms with Gasteiger partial charge in [-0.2, -0.15) is 0 Å². The van der Waals surface area contributed by atoms with Crippen molar-refractivity contribution in [2.24, 2.45) is 0 Å². The van der Waals surface area contributed by atoms with Crippen LogP contribution in [0.3, 0.4) is 0 Å². The molecule has 0 saturated carbocycles. The maximum absolute atomic E-state index is 12.9. The van der Waals surface area contributed by atoms with Crippen molar-refractivity contribution in [2.45, 2.75) is 13.8 Å². The molecule has 130 valence electrons. The van der Waals surface area contributed by atoms with Gasteiger partial charge in [0.05, 0.1) is 26.2 Å². The summed E-state index contributed by atoms with van der Waals surface area (Å²) in [5, 5.41) is 0. The SMILES string of the molecule is CC[NH+](CC)CCN(C(=O)c1ccc(N)cc1)c1ccccc1.[Cl-]. The predicted octanol–water partition coefficient (Wildman–Crippen LogP) is -1.16. The van der Waals surface area contributed by atoms with Gasteiger partial charge in [-0.3, -0.25) is 4.79 Å². The van der Waals surface area contributed by atoms with Crippen molar-refractivity contribution in [1.29, 1.82) is 0 Å². The summed E-state index contributed by atoms with van der Waals surface area (Å²) in [7, 11) is 0. The summed E-state index contributed by atoms with van der Waals surface area (Å²) in [6.07, 6.45) is 0. The Hall–Kier alpha value is -2.04. The summed E-state index contributed by atoms with van der Waals surface area (Å²) in [4.78, 5) is 16.3. The van der Waals surface area contributed by atoms with E-state index < -0.39 is 0 Å². The van der Waals surface area contributed by atoms with Crippen LogP contribution in [-0.2, 0) is 0 Å². The first kappa shape index (κ1) is 20.0. The number of amides is 1. The number of carbonyl (C=O) groups is 1. The molecule has 0 aliphatic carbocycles. The molecule has 0 unspecified atom stereocenters. The zero-order valence-corrected chi connectivity index (χ0v) is 15.1. The van der Waals surface area contributed by atoms with Crippen molar-refractivity contribution < 1.29 is 22.1 Å². The first-order valence-electron chi connectivity index (χ1n) is 8.21. The van der Waals surface area contributed by atoms with Gasteiger partial charge < -0.3 is 27.9 Å². The first-order valence-corrected chi connectivity index (χ1v) is 8.21. The fourth-order valence-electron chi connectivity index (χ4n) is 2.61. The molecule has 1 amide bonds. The van der Waals surface area contributed by atoms with Gasteiger partial charge in [0.15, 0.2) is 0 Å². The Balaban J connectivity index is 0.00000288. The second-order valence-corrected chi connectivity index (χ2v) is 5.62. The topological polar surface area (TPSA) is 50.8 Å². The van der Waals surface area contributed by atoms with E-state index in [4.69, 9.17) is 5.73 Å². The Morgan fingerprint density at radius 1 is 1.00 bits per heavy atom.